The summed E-state index contributed by atoms with van der Waals surface area (Å²) in [4.78, 5) is 22.4. The van der Waals surface area contributed by atoms with Crippen molar-refractivity contribution in [3.05, 3.63) is 12.2 Å². The van der Waals surface area contributed by atoms with Gasteiger partial charge in [-0.05, 0) is 38.5 Å². The Balaban J connectivity index is 4.01. The van der Waals surface area contributed by atoms with Gasteiger partial charge in [-0.3, -0.25) is 13.8 Å². The zero-order valence-corrected chi connectivity index (χ0v) is 34.7. The Labute approximate surface area is 320 Å². The third-order valence-electron chi connectivity index (χ3n) is 9.45. The van der Waals surface area contributed by atoms with E-state index in [1.54, 1.807) is 0 Å². The van der Waals surface area contributed by atoms with Crippen molar-refractivity contribution < 1.29 is 43.0 Å². The first-order valence-electron chi connectivity index (χ1n) is 21.7. The quantitative estimate of drug-likeness (QED) is 0.0241. The molecule has 9 nitrogen and oxygen atoms in total. The van der Waals surface area contributed by atoms with E-state index >= 15 is 0 Å². The van der Waals surface area contributed by atoms with Crippen LogP contribution in [-0.4, -0.2) is 66.3 Å². The van der Waals surface area contributed by atoms with Crippen molar-refractivity contribution in [3.63, 3.8) is 0 Å². The second-order valence-corrected chi connectivity index (χ2v) is 16.2. The Kier molecular flexibility index (Phi) is 39.3. The third-order valence-corrected chi connectivity index (χ3v) is 10.4. The Bertz CT molecular complexity index is 825. The van der Waals surface area contributed by atoms with Crippen LogP contribution in [0.4, 0.5) is 0 Å². The molecule has 0 saturated heterocycles. The van der Waals surface area contributed by atoms with Gasteiger partial charge in [0.1, 0.15) is 12.2 Å². The van der Waals surface area contributed by atoms with E-state index in [2.05, 4.69) is 26.0 Å². The SMILES string of the molecule is CCCCCCCCCC/C=C\CCCCCCCCCCCCOCC(COP(=O)(O)OCC(O)CO)OC(=O)CCCCCCCCCCC. The van der Waals surface area contributed by atoms with Crippen molar-refractivity contribution in [2.24, 2.45) is 0 Å². The van der Waals surface area contributed by atoms with Gasteiger partial charge >= 0.3 is 13.8 Å². The summed E-state index contributed by atoms with van der Waals surface area (Å²) >= 11 is 0. The van der Waals surface area contributed by atoms with Crippen LogP contribution in [0.1, 0.15) is 206 Å². The topological polar surface area (TPSA) is 132 Å². The minimum absolute atomic E-state index is 0.0534. The van der Waals surface area contributed by atoms with Crippen molar-refractivity contribution in [1.29, 1.82) is 0 Å². The average molecular weight is 763 g/mol. The zero-order valence-electron chi connectivity index (χ0n) is 33.8. The average Bonchev–Trinajstić information content (AvgIpc) is 3.13. The fraction of sp³-hybridized carbons (Fsp3) is 0.929. The lowest BCUT2D eigenvalue weighted by atomic mass is 10.1. The summed E-state index contributed by atoms with van der Waals surface area (Å²) in [6, 6.07) is 0. The highest BCUT2D eigenvalue weighted by atomic mass is 31.2. The van der Waals surface area contributed by atoms with Crippen molar-refractivity contribution in [2.45, 2.75) is 219 Å². The Morgan fingerprint density at radius 2 is 0.981 bits per heavy atom. The summed E-state index contributed by atoms with van der Waals surface area (Å²) in [5.41, 5.74) is 0. The van der Waals surface area contributed by atoms with Gasteiger partial charge in [0.2, 0.25) is 0 Å². The first-order chi connectivity index (χ1) is 25.3. The van der Waals surface area contributed by atoms with Crippen LogP contribution in [0.5, 0.6) is 0 Å². The highest BCUT2D eigenvalue weighted by Gasteiger charge is 2.26. The molecule has 0 aliphatic rings. The number of phosphoric ester groups is 1. The smallest absolute Gasteiger partial charge is 0.457 e. The molecule has 0 amide bonds. The van der Waals surface area contributed by atoms with Gasteiger partial charge in [0, 0.05) is 13.0 Å². The zero-order chi connectivity index (χ0) is 38.2. The minimum Gasteiger partial charge on any atom is -0.457 e. The van der Waals surface area contributed by atoms with Gasteiger partial charge in [-0.1, -0.05) is 174 Å². The Morgan fingerprint density at radius 3 is 1.44 bits per heavy atom. The monoisotopic (exact) mass is 763 g/mol. The predicted octanol–water partition coefficient (Wildman–Crippen LogP) is 11.7. The maximum Gasteiger partial charge on any atom is 0.472 e. The molecule has 0 aromatic carbocycles. The molecular weight excluding hydrogens is 679 g/mol. The number of hydrogen-bond donors (Lipinski definition) is 3. The molecule has 0 aliphatic heterocycles. The van der Waals surface area contributed by atoms with Crippen LogP contribution in [0.3, 0.4) is 0 Å². The van der Waals surface area contributed by atoms with Gasteiger partial charge in [0.25, 0.3) is 0 Å². The Morgan fingerprint density at radius 1 is 0.577 bits per heavy atom. The molecule has 0 fully saturated rings. The van der Waals surface area contributed by atoms with Crippen LogP contribution in [-0.2, 0) is 27.9 Å². The molecule has 0 rings (SSSR count). The summed E-state index contributed by atoms with van der Waals surface area (Å²) < 4.78 is 33.3. The van der Waals surface area contributed by atoms with Crippen LogP contribution in [0.2, 0.25) is 0 Å². The minimum atomic E-state index is -4.51. The number of carbonyl (C=O) groups is 1. The van der Waals surface area contributed by atoms with Crippen molar-refractivity contribution in [2.75, 3.05) is 33.0 Å². The molecule has 3 N–H and O–H groups in total. The highest BCUT2D eigenvalue weighted by molar-refractivity contribution is 7.47. The maximum atomic E-state index is 12.5. The van der Waals surface area contributed by atoms with E-state index in [1.165, 1.54) is 148 Å². The molecule has 0 heterocycles. The molecule has 10 heteroatoms. The molecule has 0 saturated carbocycles. The number of aliphatic hydroxyl groups is 2. The molecule has 0 aromatic heterocycles. The first kappa shape index (κ1) is 51.2. The van der Waals surface area contributed by atoms with Gasteiger partial charge in [0.15, 0.2) is 0 Å². The maximum absolute atomic E-state index is 12.5. The largest absolute Gasteiger partial charge is 0.472 e. The molecule has 52 heavy (non-hydrogen) atoms. The number of unbranched alkanes of at least 4 members (excludes halogenated alkanes) is 26. The summed E-state index contributed by atoms with van der Waals surface area (Å²) in [6.07, 6.45) is 39.0. The van der Waals surface area contributed by atoms with Crippen LogP contribution in [0.15, 0.2) is 12.2 Å². The standard InChI is InChI=1S/C42H83O9P/c1-3-5-7-9-11-13-14-15-16-17-18-19-20-21-22-23-24-25-27-29-31-33-35-48-38-41(39-50-52(46,47)49-37-40(44)36-43)51-42(45)34-32-30-28-26-12-10-8-6-4-2/h17-18,40-41,43-44H,3-16,19-39H2,1-2H3,(H,46,47)/b18-17-. The summed E-state index contributed by atoms with van der Waals surface area (Å²) in [5, 5.41) is 18.3. The predicted molar refractivity (Wildman–Crippen MR) is 215 cm³/mol. The van der Waals surface area contributed by atoms with Gasteiger partial charge < -0.3 is 24.6 Å². The molecule has 0 spiro atoms. The van der Waals surface area contributed by atoms with Crippen molar-refractivity contribution in [1.82, 2.24) is 0 Å². The van der Waals surface area contributed by atoms with E-state index in [9.17, 15) is 19.4 Å². The van der Waals surface area contributed by atoms with Crippen LogP contribution < -0.4 is 0 Å². The third kappa shape index (κ3) is 38.9. The summed E-state index contributed by atoms with van der Waals surface area (Å²) in [6.45, 7) is 3.52. The number of carbonyl (C=O) groups excluding carboxylic acids is 1. The molecule has 0 aliphatic carbocycles. The van der Waals surface area contributed by atoms with Gasteiger partial charge in [-0.25, -0.2) is 4.57 Å². The highest BCUT2D eigenvalue weighted by Crippen LogP contribution is 2.43. The molecule has 0 aromatic rings. The van der Waals surface area contributed by atoms with Gasteiger partial charge in [0.05, 0.1) is 26.4 Å². The summed E-state index contributed by atoms with van der Waals surface area (Å²) in [7, 11) is -4.51. The first-order valence-corrected chi connectivity index (χ1v) is 23.2. The van der Waals surface area contributed by atoms with Crippen LogP contribution in [0, 0.1) is 0 Å². The van der Waals surface area contributed by atoms with Crippen molar-refractivity contribution in [3.8, 4) is 0 Å². The van der Waals surface area contributed by atoms with E-state index < -0.39 is 33.2 Å². The number of allylic oxidation sites excluding steroid dienone is 2. The number of esters is 1. The fourth-order valence-corrected chi connectivity index (χ4v) is 6.91. The molecule has 0 bridgehead atoms. The van der Waals surface area contributed by atoms with Crippen molar-refractivity contribution >= 4 is 13.8 Å². The van der Waals surface area contributed by atoms with E-state index in [4.69, 9.17) is 23.6 Å². The number of phosphoric acid groups is 1. The number of aliphatic hydroxyl groups excluding tert-OH is 2. The normalized spacial score (nSPS) is 14.2. The number of ether oxygens (including phenoxy) is 2. The van der Waals surface area contributed by atoms with E-state index in [0.29, 0.717) is 6.61 Å². The molecule has 0 radical (unpaired) electrons. The lowest BCUT2D eigenvalue weighted by Gasteiger charge is -2.20. The van der Waals surface area contributed by atoms with E-state index in [-0.39, 0.29) is 25.6 Å². The summed E-state index contributed by atoms with van der Waals surface area (Å²) in [5.74, 6) is -0.384. The number of rotatable bonds is 42. The van der Waals surface area contributed by atoms with Gasteiger partial charge in [-0.15, -0.1) is 0 Å². The molecule has 3 atom stereocenters. The fourth-order valence-electron chi connectivity index (χ4n) is 6.12. The second-order valence-electron chi connectivity index (χ2n) is 14.7. The molecule has 3 unspecified atom stereocenters. The lowest BCUT2D eigenvalue weighted by molar-refractivity contribution is -0.154. The van der Waals surface area contributed by atoms with Crippen LogP contribution >= 0.6 is 7.82 Å². The molecular formula is C42H83O9P. The van der Waals surface area contributed by atoms with E-state index in [0.717, 1.165) is 38.5 Å². The lowest BCUT2D eigenvalue weighted by Crippen LogP contribution is -2.29. The second kappa shape index (κ2) is 39.9. The van der Waals surface area contributed by atoms with Gasteiger partial charge in [-0.2, -0.15) is 0 Å². The van der Waals surface area contributed by atoms with E-state index in [1.807, 2.05) is 0 Å². The number of hydrogen-bond acceptors (Lipinski definition) is 8. The Hall–Kier alpha value is -0.800. The molecule has 310 valence electrons. The van der Waals surface area contributed by atoms with Crippen LogP contribution in [0.25, 0.3) is 0 Å².